The van der Waals surface area contributed by atoms with Crippen molar-refractivity contribution >= 4 is 27.0 Å². The maximum Gasteiger partial charge on any atom is 0.271 e. The molecule has 28 heavy (non-hydrogen) atoms. The zero-order valence-electron chi connectivity index (χ0n) is 14.4. The third kappa shape index (κ3) is 4.10. The first-order chi connectivity index (χ1) is 13.5. The van der Waals surface area contributed by atoms with Crippen LogP contribution in [0.15, 0.2) is 74.8 Å². The topological polar surface area (TPSA) is 85.1 Å². The van der Waals surface area contributed by atoms with Gasteiger partial charge in [-0.05, 0) is 53.4 Å². The molecule has 0 amide bonds. The molecular weight excluding hydrogens is 401 g/mol. The molecule has 1 N–H and O–H groups in total. The molecular formula is C19H14FN3O3S2. The lowest BCUT2D eigenvalue weighted by molar-refractivity contribution is 0.385. The van der Waals surface area contributed by atoms with Crippen LogP contribution in [-0.4, -0.2) is 18.6 Å². The van der Waals surface area contributed by atoms with E-state index in [1.165, 1.54) is 12.1 Å². The van der Waals surface area contributed by atoms with E-state index in [0.717, 1.165) is 16.9 Å². The molecule has 0 aliphatic rings. The molecule has 0 aliphatic heterocycles. The molecule has 2 heterocycles. The molecule has 4 aromatic rings. The second-order valence-corrected chi connectivity index (χ2v) is 8.79. The molecule has 0 saturated carbocycles. The highest BCUT2D eigenvalue weighted by molar-refractivity contribution is 7.94. The summed E-state index contributed by atoms with van der Waals surface area (Å²) in [6, 6.07) is 16.1. The Morgan fingerprint density at radius 2 is 1.89 bits per heavy atom. The summed E-state index contributed by atoms with van der Waals surface area (Å²) in [4.78, 5) is 4.31. The average Bonchev–Trinajstić information content (AvgIpc) is 3.34. The second kappa shape index (κ2) is 7.53. The van der Waals surface area contributed by atoms with E-state index in [9.17, 15) is 12.8 Å². The number of sulfonamides is 1. The van der Waals surface area contributed by atoms with Crippen molar-refractivity contribution in [2.24, 2.45) is 0 Å². The lowest BCUT2D eigenvalue weighted by Crippen LogP contribution is -2.11. The molecule has 0 unspecified atom stereocenters. The normalized spacial score (nSPS) is 11.5. The number of halogens is 1. The highest BCUT2D eigenvalue weighted by atomic mass is 32.2. The first-order valence-electron chi connectivity index (χ1n) is 8.23. The number of thiophene rings is 1. The predicted molar refractivity (Wildman–Crippen MR) is 104 cm³/mol. The SMILES string of the molecule is O=S(=O)(Nc1ccc(-c2noc(Cc3cccc(F)c3)n2)cc1)c1cccs1. The number of aromatic nitrogens is 2. The van der Waals surface area contributed by atoms with E-state index in [0.29, 0.717) is 29.4 Å². The van der Waals surface area contributed by atoms with Gasteiger partial charge in [0.25, 0.3) is 10.0 Å². The fourth-order valence-electron chi connectivity index (χ4n) is 2.57. The molecule has 0 bridgehead atoms. The molecule has 9 heteroatoms. The van der Waals surface area contributed by atoms with Gasteiger partial charge in [-0.2, -0.15) is 4.98 Å². The van der Waals surface area contributed by atoms with E-state index in [1.54, 1.807) is 53.9 Å². The number of hydrogen-bond donors (Lipinski definition) is 1. The molecule has 0 spiro atoms. The Morgan fingerprint density at radius 3 is 2.61 bits per heavy atom. The summed E-state index contributed by atoms with van der Waals surface area (Å²) in [5.74, 6) is 0.417. The highest BCUT2D eigenvalue weighted by Gasteiger charge is 2.15. The Bertz CT molecular complexity index is 1190. The molecule has 0 fully saturated rings. The maximum absolute atomic E-state index is 13.3. The van der Waals surface area contributed by atoms with Gasteiger partial charge in [0, 0.05) is 11.3 Å². The van der Waals surface area contributed by atoms with Crippen molar-refractivity contribution in [2.75, 3.05) is 4.72 Å². The van der Waals surface area contributed by atoms with Crippen LogP contribution in [0.2, 0.25) is 0 Å². The van der Waals surface area contributed by atoms with Crippen LogP contribution < -0.4 is 4.72 Å². The fraction of sp³-hybridized carbons (Fsp3) is 0.0526. The van der Waals surface area contributed by atoms with Gasteiger partial charge in [0.15, 0.2) is 0 Å². The Balaban J connectivity index is 1.48. The van der Waals surface area contributed by atoms with Crippen molar-refractivity contribution in [3.8, 4) is 11.4 Å². The summed E-state index contributed by atoms with van der Waals surface area (Å²) in [5, 5.41) is 5.64. The van der Waals surface area contributed by atoms with Gasteiger partial charge in [-0.25, -0.2) is 12.8 Å². The van der Waals surface area contributed by atoms with Gasteiger partial charge in [0.1, 0.15) is 10.0 Å². The summed E-state index contributed by atoms with van der Waals surface area (Å²) in [6.45, 7) is 0. The maximum atomic E-state index is 13.3. The smallest absolute Gasteiger partial charge is 0.271 e. The molecule has 0 saturated heterocycles. The summed E-state index contributed by atoms with van der Waals surface area (Å²) in [5.41, 5.74) is 1.84. The van der Waals surface area contributed by atoms with Gasteiger partial charge in [-0.1, -0.05) is 23.4 Å². The van der Waals surface area contributed by atoms with E-state index in [2.05, 4.69) is 14.9 Å². The van der Waals surface area contributed by atoms with E-state index < -0.39 is 10.0 Å². The van der Waals surface area contributed by atoms with E-state index in [4.69, 9.17) is 4.52 Å². The largest absolute Gasteiger partial charge is 0.339 e. The van der Waals surface area contributed by atoms with Crippen LogP contribution in [0.5, 0.6) is 0 Å². The third-order valence-electron chi connectivity index (χ3n) is 3.87. The van der Waals surface area contributed by atoms with E-state index >= 15 is 0 Å². The second-order valence-electron chi connectivity index (χ2n) is 5.93. The van der Waals surface area contributed by atoms with Crippen LogP contribution in [0.1, 0.15) is 11.5 Å². The Morgan fingerprint density at radius 1 is 1.07 bits per heavy atom. The Labute approximate surface area is 164 Å². The number of nitrogens with zero attached hydrogens (tertiary/aromatic N) is 2. The molecule has 142 valence electrons. The van der Waals surface area contributed by atoms with Crippen molar-refractivity contribution in [1.29, 1.82) is 0 Å². The van der Waals surface area contributed by atoms with Crippen molar-refractivity contribution in [1.82, 2.24) is 10.1 Å². The van der Waals surface area contributed by atoms with Crippen molar-refractivity contribution < 1.29 is 17.3 Å². The summed E-state index contributed by atoms with van der Waals surface area (Å²) in [6.07, 6.45) is 0.323. The summed E-state index contributed by atoms with van der Waals surface area (Å²) < 4.78 is 45.8. The summed E-state index contributed by atoms with van der Waals surface area (Å²) in [7, 11) is -3.59. The van der Waals surface area contributed by atoms with Gasteiger partial charge >= 0.3 is 0 Å². The molecule has 0 radical (unpaired) electrons. The van der Waals surface area contributed by atoms with E-state index in [1.807, 2.05) is 0 Å². The lowest BCUT2D eigenvalue weighted by Gasteiger charge is -2.06. The first kappa shape index (κ1) is 18.3. The minimum Gasteiger partial charge on any atom is -0.339 e. The van der Waals surface area contributed by atoms with Crippen molar-refractivity contribution in [3.05, 3.63) is 83.3 Å². The van der Waals surface area contributed by atoms with Crippen LogP contribution in [0.4, 0.5) is 10.1 Å². The number of hydrogen-bond acceptors (Lipinski definition) is 6. The molecule has 6 nitrogen and oxygen atoms in total. The molecule has 2 aromatic carbocycles. The van der Waals surface area contributed by atoms with Gasteiger partial charge in [0.05, 0.1) is 6.42 Å². The van der Waals surface area contributed by atoms with Gasteiger partial charge in [-0.15, -0.1) is 11.3 Å². The number of nitrogens with one attached hydrogen (secondary N) is 1. The average molecular weight is 415 g/mol. The van der Waals surface area contributed by atoms with Gasteiger partial charge < -0.3 is 4.52 Å². The third-order valence-corrected chi connectivity index (χ3v) is 6.65. The minimum atomic E-state index is -3.59. The Hall–Kier alpha value is -3.04. The van der Waals surface area contributed by atoms with Crippen LogP contribution in [0, 0.1) is 5.82 Å². The first-order valence-corrected chi connectivity index (χ1v) is 10.6. The lowest BCUT2D eigenvalue weighted by atomic mass is 10.1. The monoisotopic (exact) mass is 415 g/mol. The molecule has 2 aromatic heterocycles. The molecule has 0 aliphatic carbocycles. The quantitative estimate of drug-likeness (QED) is 0.507. The van der Waals surface area contributed by atoms with Crippen molar-refractivity contribution in [3.63, 3.8) is 0 Å². The number of anilines is 1. The van der Waals surface area contributed by atoms with E-state index in [-0.39, 0.29) is 10.0 Å². The molecule has 4 rings (SSSR count). The minimum absolute atomic E-state index is 0.247. The number of rotatable bonds is 6. The van der Waals surface area contributed by atoms with Crippen LogP contribution in [0.25, 0.3) is 11.4 Å². The van der Waals surface area contributed by atoms with Crippen LogP contribution >= 0.6 is 11.3 Å². The highest BCUT2D eigenvalue weighted by Crippen LogP contribution is 2.23. The zero-order chi connectivity index (χ0) is 19.6. The molecule has 0 atom stereocenters. The van der Waals surface area contributed by atoms with Crippen LogP contribution in [-0.2, 0) is 16.4 Å². The van der Waals surface area contributed by atoms with Gasteiger partial charge in [-0.3, -0.25) is 4.72 Å². The number of benzene rings is 2. The Kier molecular flexibility index (Phi) is 4.93. The van der Waals surface area contributed by atoms with Gasteiger partial charge in [0.2, 0.25) is 11.7 Å². The predicted octanol–water partition coefficient (Wildman–Crippen LogP) is 4.33. The summed E-state index contributed by atoms with van der Waals surface area (Å²) >= 11 is 1.15. The zero-order valence-corrected chi connectivity index (χ0v) is 16.0. The van der Waals surface area contributed by atoms with Crippen molar-refractivity contribution in [2.45, 2.75) is 10.6 Å². The standard InChI is InChI=1S/C19H14FN3O3S2/c20-15-4-1-3-13(11-15)12-17-21-19(22-26-17)14-6-8-16(9-7-14)23-28(24,25)18-5-2-10-27-18/h1-11,23H,12H2. The fourth-order valence-corrected chi connectivity index (χ4v) is 4.63. The van der Waals surface area contributed by atoms with Crippen LogP contribution in [0.3, 0.4) is 0 Å².